The molecule has 1 atom stereocenters. The summed E-state index contributed by atoms with van der Waals surface area (Å²) in [7, 11) is 0. The third-order valence-corrected chi connectivity index (χ3v) is 4.68. The first-order valence-electron chi connectivity index (χ1n) is 7.60. The predicted molar refractivity (Wildman–Crippen MR) is 83.0 cm³/mol. The van der Waals surface area contributed by atoms with E-state index < -0.39 is 11.7 Å². The van der Waals surface area contributed by atoms with Crippen LogP contribution in [-0.2, 0) is 5.54 Å². The number of primary amides is 1. The van der Waals surface area contributed by atoms with Crippen molar-refractivity contribution >= 4 is 16.9 Å². The lowest BCUT2D eigenvalue weighted by Crippen LogP contribution is -2.43. The second-order valence-corrected chi connectivity index (χ2v) is 6.43. The minimum Gasteiger partial charge on any atom is -0.365 e. The Morgan fingerprint density at radius 2 is 2.23 bits per heavy atom. The summed E-state index contributed by atoms with van der Waals surface area (Å²) >= 11 is 0. The molecule has 1 aliphatic rings. The molecule has 5 nitrogen and oxygen atoms in total. The molecular weight excluding hydrogens is 283 g/mol. The van der Waals surface area contributed by atoms with Crippen LogP contribution in [0.3, 0.4) is 0 Å². The van der Waals surface area contributed by atoms with E-state index in [4.69, 9.17) is 5.73 Å². The average Bonchev–Trinajstić information content (AvgIpc) is 3.02. The highest BCUT2D eigenvalue weighted by molar-refractivity contribution is 6.04. The first-order chi connectivity index (χ1) is 10.3. The lowest BCUT2D eigenvalue weighted by atomic mass is 9.97. The molecule has 22 heavy (non-hydrogen) atoms. The molecule has 118 valence electrons. The number of hydrogen-bond donors (Lipinski definition) is 2. The molecule has 0 spiro atoms. The van der Waals surface area contributed by atoms with Crippen molar-refractivity contribution in [2.45, 2.75) is 45.2 Å². The van der Waals surface area contributed by atoms with Gasteiger partial charge in [-0.1, -0.05) is 0 Å². The van der Waals surface area contributed by atoms with Gasteiger partial charge in [0.15, 0.2) is 0 Å². The summed E-state index contributed by atoms with van der Waals surface area (Å²) in [5, 5.41) is 0. The lowest BCUT2D eigenvalue weighted by molar-refractivity contribution is 0.0997. The molecule has 2 aromatic rings. The summed E-state index contributed by atoms with van der Waals surface area (Å²) in [6.45, 7) is 7.45. The quantitative estimate of drug-likeness (QED) is 0.915. The maximum absolute atomic E-state index is 13.9. The molecule has 6 heteroatoms. The Morgan fingerprint density at radius 3 is 2.86 bits per heavy atom. The molecule has 1 saturated heterocycles. The molecule has 3 rings (SSSR count). The zero-order valence-electron chi connectivity index (χ0n) is 13.1. The number of carbonyl (C=O) groups excluding carboxylic acids is 1. The van der Waals surface area contributed by atoms with Gasteiger partial charge in [-0.25, -0.2) is 9.37 Å². The summed E-state index contributed by atoms with van der Waals surface area (Å²) in [5.74, 6) is -0.657. The van der Waals surface area contributed by atoms with Crippen molar-refractivity contribution in [3.8, 4) is 0 Å². The fourth-order valence-corrected chi connectivity index (χ4v) is 3.61. The Bertz CT molecular complexity index is 739. The second-order valence-electron chi connectivity index (χ2n) is 6.43. The van der Waals surface area contributed by atoms with E-state index in [0.29, 0.717) is 17.1 Å². The van der Waals surface area contributed by atoms with Crippen LogP contribution in [0.15, 0.2) is 12.1 Å². The highest BCUT2D eigenvalue weighted by atomic mass is 19.1. The van der Waals surface area contributed by atoms with Gasteiger partial charge in [0.25, 0.3) is 5.91 Å². The van der Waals surface area contributed by atoms with Gasteiger partial charge in [0, 0.05) is 6.04 Å². The minimum absolute atomic E-state index is 0.141. The fraction of sp³-hybridized carbons (Fsp3) is 0.500. The van der Waals surface area contributed by atoms with Gasteiger partial charge in [0.2, 0.25) is 0 Å². The summed E-state index contributed by atoms with van der Waals surface area (Å²) < 4.78 is 13.9. The molecule has 0 bridgehead atoms. The largest absolute Gasteiger partial charge is 0.365 e. The molecule has 1 aromatic heterocycles. The molecule has 1 aliphatic heterocycles. The Morgan fingerprint density at radius 1 is 1.50 bits per heavy atom. The molecule has 0 aliphatic carbocycles. The monoisotopic (exact) mass is 304 g/mol. The number of likely N-dealkylation sites (tertiary alicyclic amines) is 1. The molecule has 1 amide bonds. The first kappa shape index (κ1) is 15.0. The maximum atomic E-state index is 13.9. The number of carbonyl (C=O) groups is 1. The molecule has 1 fully saturated rings. The van der Waals surface area contributed by atoms with Gasteiger partial charge in [-0.2, -0.15) is 0 Å². The van der Waals surface area contributed by atoms with Crippen LogP contribution in [0.1, 0.15) is 49.8 Å². The Kier molecular flexibility index (Phi) is 3.44. The van der Waals surface area contributed by atoms with E-state index in [0.717, 1.165) is 25.2 Å². The van der Waals surface area contributed by atoms with Crippen LogP contribution in [0.2, 0.25) is 0 Å². The van der Waals surface area contributed by atoms with Crippen LogP contribution in [-0.4, -0.2) is 33.4 Å². The van der Waals surface area contributed by atoms with Crippen molar-refractivity contribution in [3.05, 3.63) is 29.3 Å². The number of nitrogens with one attached hydrogen (secondary N) is 1. The Hall–Kier alpha value is -1.95. The van der Waals surface area contributed by atoms with Gasteiger partial charge >= 0.3 is 0 Å². The van der Waals surface area contributed by atoms with Crippen molar-refractivity contribution in [3.63, 3.8) is 0 Å². The summed E-state index contributed by atoms with van der Waals surface area (Å²) in [6, 6.07) is 3.24. The first-order valence-corrected chi connectivity index (χ1v) is 7.60. The number of H-pyrrole nitrogens is 1. The predicted octanol–water partition coefficient (Wildman–Crippen LogP) is 2.52. The molecule has 3 N–H and O–H groups in total. The van der Waals surface area contributed by atoms with Gasteiger partial charge in [-0.05, 0) is 52.3 Å². The number of nitrogens with zero attached hydrogens (tertiary/aromatic N) is 2. The van der Waals surface area contributed by atoms with E-state index in [1.165, 1.54) is 6.07 Å². The van der Waals surface area contributed by atoms with E-state index in [1.54, 1.807) is 6.07 Å². The minimum atomic E-state index is -0.793. The van der Waals surface area contributed by atoms with Crippen molar-refractivity contribution < 1.29 is 9.18 Å². The standard InChI is InChI=1S/C16H21FN4O/c1-9(2)21-8-4-7-16(21,3)15-19-11-6-5-10(17)12(14(18)22)13(11)20-15/h5-6,9H,4,7-8H2,1-3H3,(H2,18,22)(H,19,20)/t16-/m0/s1. The summed E-state index contributed by atoms with van der Waals surface area (Å²) in [4.78, 5) is 21.7. The summed E-state index contributed by atoms with van der Waals surface area (Å²) in [6.07, 6.45) is 2.06. The van der Waals surface area contributed by atoms with Crippen LogP contribution < -0.4 is 5.73 Å². The highest BCUT2D eigenvalue weighted by Crippen LogP contribution is 2.39. The molecule has 0 unspecified atom stereocenters. The fourth-order valence-electron chi connectivity index (χ4n) is 3.61. The normalized spacial score (nSPS) is 22.8. The third kappa shape index (κ3) is 2.09. The third-order valence-electron chi connectivity index (χ3n) is 4.68. The number of imidazole rings is 1. The van der Waals surface area contributed by atoms with Crippen LogP contribution in [0.4, 0.5) is 4.39 Å². The lowest BCUT2D eigenvalue weighted by Gasteiger charge is -2.36. The number of fused-ring (bicyclic) bond motifs is 1. The van der Waals surface area contributed by atoms with Gasteiger partial charge in [-0.15, -0.1) is 0 Å². The molecule has 2 heterocycles. The van der Waals surface area contributed by atoms with Gasteiger partial charge < -0.3 is 10.7 Å². The number of rotatable bonds is 3. The van der Waals surface area contributed by atoms with Crippen molar-refractivity contribution in [2.75, 3.05) is 6.54 Å². The van der Waals surface area contributed by atoms with Gasteiger partial charge in [0.05, 0.1) is 11.1 Å². The van der Waals surface area contributed by atoms with Crippen molar-refractivity contribution in [1.29, 1.82) is 0 Å². The SMILES string of the molecule is CC(C)N1CCC[C@@]1(C)c1nc2c(C(N)=O)c(F)ccc2[nH]1. The second kappa shape index (κ2) is 5.05. The van der Waals surface area contributed by atoms with Crippen LogP contribution >= 0.6 is 0 Å². The van der Waals surface area contributed by atoms with E-state index in [2.05, 4.69) is 35.6 Å². The number of amides is 1. The number of hydrogen-bond acceptors (Lipinski definition) is 3. The maximum Gasteiger partial charge on any atom is 0.253 e. The smallest absolute Gasteiger partial charge is 0.253 e. The Labute approximate surface area is 128 Å². The van der Waals surface area contributed by atoms with E-state index >= 15 is 0 Å². The molecule has 0 radical (unpaired) electrons. The topological polar surface area (TPSA) is 75.0 Å². The average molecular weight is 304 g/mol. The van der Waals surface area contributed by atoms with E-state index in [9.17, 15) is 9.18 Å². The zero-order chi connectivity index (χ0) is 16.1. The number of aromatic amines is 1. The van der Waals surface area contributed by atoms with Gasteiger partial charge in [-0.3, -0.25) is 9.69 Å². The van der Waals surface area contributed by atoms with E-state index in [1.807, 2.05) is 0 Å². The summed E-state index contributed by atoms with van der Waals surface area (Å²) in [5.41, 5.74) is 5.89. The number of benzene rings is 1. The molecule has 1 aromatic carbocycles. The number of halogens is 1. The van der Waals surface area contributed by atoms with Gasteiger partial charge in [0.1, 0.15) is 22.7 Å². The highest BCUT2D eigenvalue weighted by Gasteiger charge is 2.42. The van der Waals surface area contributed by atoms with Crippen LogP contribution in [0, 0.1) is 5.82 Å². The van der Waals surface area contributed by atoms with Crippen molar-refractivity contribution in [2.24, 2.45) is 5.73 Å². The molecular formula is C16H21FN4O. The van der Waals surface area contributed by atoms with Crippen LogP contribution in [0.25, 0.3) is 11.0 Å². The van der Waals surface area contributed by atoms with E-state index in [-0.39, 0.29) is 11.1 Å². The van der Waals surface area contributed by atoms with Crippen molar-refractivity contribution in [1.82, 2.24) is 14.9 Å². The number of aromatic nitrogens is 2. The van der Waals surface area contributed by atoms with Crippen LogP contribution in [0.5, 0.6) is 0 Å². The molecule has 0 saturated carbocycles. The zero-order valence-corrected chi connectivity index (χ0v) is 13.1. The number of nitrogens with two attached hydrogens (primary N) is 1. The Balaban J connectivity index is 2.17.